The number of carbonyl (C=O) groups is 2. The highest BCUT2D eigenvalue weighted by Crippen LogP contribution is 2.27. The molecule has 3 rings (SSSR count). The predicted molar refractivity (Wildman–Crippen MR) is 104 cm³/mol. The van der Waals surface area contributed by atoms with E-state index in [0.29, 0.717) is 30.0 Å². The van der Waals surface area contributed by atoms with E-state index >= 15 is 0 Å². The first-order valence-electron chi connectivity index (χ1n) is 8.69. The molecule has 1 atom stereocenters. The van der Waals surface area contributed by atoms with Gasteiger partial charge in [0.1, 0.15) is 10.8 Å². The van der Waals surface area contributed by atoms with Crippen LogP contribution in [0.25, 0.3) is 0 Å². The van der Waals surface area contributed by atoms with Crippen LogP contribution in [0.4, 0.5) is 9.39 Å². The van der Waals surface area contributed by atoms with Gasteiger partial charge in [-0.25, -0.2) is 12.8 Å². The molecule has 2 N–H and O–H groups in total. The second-order valence-corrected chi connectivity index (χ2v) is 9.24. The van der Waals surface area contributed by atoms with E-state index in [9.17, 15) is 22.4 Å². The Bertz CT molecular complexity index is 973. The minimum Gasteiger partial charge on any atom is -0.355 e. The van der Waals surface area contributed by atoms with Crippen molar-refractivity contribution in [3.05, 3.63) is 47.1 Å². The SMILES string of the molecule is CNC(=O)c1ccsc1NC(=O)C1CCCN(S(=O)(=O)c2ccc(F)cc2)C1. The summed E-state index contributed by atoms with van der Waals surface area (Å²) in [5, 5.41) is 7.39. The van der Waals surface area contributed by atoms with Crippen molar-refractivity contribution < 1.29 is 22.4 Å². The molecule has 2 heterocycles. The van der Waals surface area contributed by atoms with Gasteiger partial charge in [0.05, 0.1) is 16.4 Å². The van der Waals surface area contributed by atoms with Gasteiger partial charge in [-0.15, -0.1) is 11.3 Å². The largest absolute Gasteiger partial charge is 0.355 e. The van der Waals surface area contributed by atoms with Crippen molar-refractivity contribution in [1.29, 1.82) is 0 Å². The third kappa shape index (κ3) is 4.23. The number of nitrogens with one attached hydrogen (secondary N) is 2. The summed E-state index contributed by atoms with van der Waals surface area (Å²) in [6.45, 7) is 0.332. The molecule has 2 aromatic rings. The number of benzene rings is 1. The number of sulfonamides is 1. The molecule has 1 aromatic heterocycles. The summed E-state index contributed by atoms with van der Waals surface area (Å²) in [5.74, 6) is -1.69. The van der Waals surface area contributed by atoms with Crippen molar-refractivity contribution in [3.8, 4) is 0 Å². The van der Waals surface area contributed by atoms with Crippen LogP contribution in [-0.2, 0) is 14.8 Å². The molecule has 0 saturated carbocycles. The summed E-state index contributed by atoms with van der Waals surface area (Å²) in [6.07, 6.45) is 1.08. The Kier molecular flexibility index (Phi) is 6.11. The van der Waals surface area contributed by atoms with Crippen molar-refractivity contribution >= 4 is 38.2 Å². The van der Waals surface area contributed by atoms with Crippen LogP contribution in [0.5, 0.6) is 0 Å². The van der Waals surface area contributed by atoms with E-state index in [2.05, 4.69) is 10.6 Å². The van der Waals surface area contributed by atoms with Gasteiger partial charge in [0, 0.05) is 20.1 Å². The summed E-state index contributed by atoms with van der Waals surface area (Å²) in [5.41, 5.74) is 0.368. The first-order valence-corrected chi connectivity index (χ1v) is 11.0. The fraction of sp³-hybridized carbons (Fsp3) is 0.333. The molecule has 7 nitrogen and oxygen atoms in total. The van der Waals surface area contributed by atoms with Gasteiger partial charge in [-0.1, -0.05) is 0 Å². The zero-order valence-corrected chi connectivity index (χ0v) is 16.8. The number of hydrogen-bond acceptors (Lipinski definition) is 5. The quantitative estimate of drug-likeness (QED) is 0.768. The zero-order valence-electron chi connectivity index (χ0n) is 15.1. The van der Waals surface area contributed by atoms with Crippen molar-refractivity contribution in [2.24, 2.45) is 5.92 Å². The maximum Gasteiger partial charge on any atom is 0.254 e. The average molecular weight is 426 g/mol. The van der Waals surface area contributed by atoms with Gasteiger partial charge >= 0.3 is 0 Å². The number of amides is 2. The molecule has 0 bridgehead atoms. The van der Waals surface area contributed by atoms with Gasteiger partial charge in [-0.3, -0.25) is 9.59 Å². The van der Waals surface area contributed by atoms with Gasteiger partial charge in [-0.2, -0.15) is 4.31 Å². The van der Waals surface area contributed by atoms with Crippen molar-refractivity contribution in [2.75, 3.05) is 25.5 Å². The van der Waals surface area contributed by atoms with E-state index in [1.54, 1.807) is 11.4 Å². The molecule has 0 aliphatic carbocycles. The standard InChI is InChI=1S/C18H20FN3O4S2/c1-20-17(24)15-8-10-27-18(15)21-16(23)12-3-2-9-22(11-12)28(25,26)14-6-4-13(19)5-7-14/h4-8,10,12H,2-3,9,11H2,1H3,(H,20,24)(H,21,23). The minimum absolute atomic E-state index is 0.00452. The highest BCUT2D eigenvalue weighted by molar-refractivity contribution is 7.89. The lowest BCUT2D eigenvalue weighted by Gasteiger charge is -2.31. The van der Waals surface area contributed by atoms with Crippen LogP contribution in [0.1, 0.15) is 23.2 Å². The van der Waals surface area contributed by atoms with Crippen molar-refractivity contribution in [2.45, 2.75) is 17.7 Å². The normalized spacial score (nSPS) is 17.9. The molecule has 1 unspecified atom stereocenters. The van der Waals surface area contributed by atoms with E-state index in [1.807, 2.05) is 0 Å². The molecule has 1 aromatic carbocycles. The van der Waals surface area contributed by atoms with E-state index in [0.717, 1.165) is 12.1 Å². The highest BCUT2D eigenvalue weighted by Gasteiger charge is 2.33. The molecule has 0 radical (unpaired) electrons. The summed E-state index contributed by atoms with van der Waals surface area (Å²) in [4.78, 5) is 24.5. The molecule has 28 heavy (non-hydrogen) atoms. The number of thiophene rings is 1. The molecule has 2 amide bonds. The summed E-state index contributed by atoms with van der Waals surface area (Å²) >= 11 is 1.23. The van der Waals surface area contributed by atoms with Crippen LogP contribution in [-0.4, -0.2) is 44.7 Å². The zero-order chi connectivity index (χ0) is 20.3. The number of hydrogen-bond donors (Lipinski definition) is 2. The van der Waals surface area contributed by atoms with Gasteiger partial charge in [-0.05, 0) is 48.6 Å². The summed E-state index contributed by atoms with van der Waals surface area (Å²) in [7, 11) is -2.30. The van der Waals surface area contributed by atoms with Crippen LogP contribution in [0, 0.1) is 11.7 Å². The first kappa shape index (κ1) is 20.4. The topological polar surface area (TPSA) is 95.6 Å². The molecule has 1 saturated heterocycles. The second-order valence-electron chi connectivity index (χ2n) is 6.39. The van der Waals surface area contributed by atoms with Crippen LogP contribution in [0.2, 0.25) is 0 Å². The van der Waals surface area contributed by atoms with Crippen LogP contribution < -0.4 is 10.6 Å². The highest BCUT2D eigenvalue weighted by atomic mass is 32.2. The van der Waals surface area contributed by atoms with E-state index < -0.39 is 21.8 Å². The Morgan fingerprint density at radius 2 is 1.93 bits per heavy atom. The Balaban J connectivity index is 1.72. The lowest BCUT2D eigenvalue weighted by molar-refractivity contribution is -0.120. The molecule has 1 aliphatic rings. The maximum absolute atomic E-state index is 13.1. The van der Waals surface area contributed by atoms with Gasteiger partial charge in [0.2, 0.25) is 15.9 Å². The van der Waals surface area contributed by atoms with Crippen molar-refractivity contribution in [1.82, 2.24) is 9.62 Å². The van der Waals surface area contributed by atoms with Crippen LogP contribution >= 0.6 is 11.3 Å². The fourth-order valence-electron chi connectivity index (χ4n) is 3.06. The third-order valence-corrected chi connectivity index (χ3v) is 7.29. The molecular weight excluding hydrogens is 405 g/mol. The number of carbonyl (C=O) groups excluding carboxylic acids is 2. The molecule has 1 aliphatic heterocycles. The Hall–Kier alpha value is -2.30. The van der Waals surface area contributed by atoms with Gasteiger partial charge in [0.15, 0.2) is 0 Å². The second kappa shape index (κ2) is 8.38. The van der Waals surface area contributed by atoms with Crippen molar-refractivity contribution in [3.63, 3.8) is 0 Å². The minimum atomic E-state index is -3.81. The number of piperidine rings is 1. The van der Waals surface area contributed by atoms with E-state index in [-0.39, 0.29) is 23.3 Å². The summed E-state index contributed by atoms with van der Waals surface area (Å²) < 4.78 is 39.9. The monoisotopic (exact) mass is 425 g/mol. The smallest absolute Gasteiger partial charge is 0.254 e. The number of anilines is 1. The lowest BCUT2D eigenvalue weighted by Crippen LogP contribution is -2.43. The third-order valence-electron chi connectivity index (χ3n) is 4.58. The Morgan fingerprint density at radius 1 is 1.21 bits per heavy atom. The van der Waals surface area contributed by atoms with Crippen LogP contribution in [0.15, 0.2) is 40.6 Å². The number of rotatable bonds is 5. The average Bonchev–Trinajstić information content (AvgIpc) is 3.16. The molecule has 10 heteroatoms. The first-order chi connectivity index (χ1) is 13.3. The molecule has 1 fully saturated rings. The van der Waals surface area contributed by atoms with E-state index in [4.69, 9.17) is 0 Å². The molecular formula is C18H20FN3O4S2. The molecule has 150 valence electrons. The fourth-order valence-corrected chi connectivity index (χ4v) is 5.38. The number of halogens is 1. The predicted octanol–water partition coefficient (Wildman–Crippen LogP) is 2.29. The van der Waals surface area contributed by atoms with E-state index in [1.165, 1.54) is 34.8 Å². The molecule has 0 spiro atoms. The summed E-state index contributed by atoms with van der Waals surface area (Å²) in [6, 6.07) is 6.24. The van der Waals surface area contributed by atoms with Gasteiger partial charge in [0.25, 0.3) is 5.91 Å². The Labute approximate surface area is 166 Å². The lowest BCUT2D eigenvalue weighted by atomic mass is 9.99. The maximum atomic E-state index is 13.1. The Morgan fingerprint density at radius 3 is 2.61 bits per heavy atom. The van der Waals surface area contributed by atoms with Gasteiger partial charge < -0.3 is 10.6 Å². The number of nitrogens with zero attached hydrogens (tertiary/aromatic N) is 1. The van der Waals surface area contributed by atoms with Crippen LogP contribution in [0.3, 0.4) is 0 Å².